The monoisotopic (exact) mass is 358 g/mol. The van der Waals surface area contributed by atoms with Crippen molar-refractivity contribution in [2.24, 2.45) is 0 Å². The molecule has 0 aliphatic heterocycles. The Kier molecular flexibility index (Phi) is 8.17. The molecule has 0 radical (unpaired) electrons. The van der Waals surface area contributed by atoms with Gasteiger partial charge in [-0.3, -0.25) is 4.79 Å². The van der Waals surface area contributed by atoms with E-state index in [1.54, 1.807) is 14.0 Å². The van der Waals surface area contributed by atoms with Gasteiger partial charge < -0.3 is 14.8 Å². The number of hydrogen-bond donors (Lipinski definition) is 2. The van der Waals surface area contributed by atoms with Gasteiger partial charge in [-0.1, -0.05) is 0 Å². The fraction of sp³-hybridized carbons (Fsp3) is 0.562. The van der Waals surface area contributed by atoms with E-state index >= 15 is 0 Å². The number of carbonyl (C=O) groups excluding carboxylic acids is 1. The Hall–Kier alpha value is -1.64. The first-order chi connectivity index (χ1) is 11.3. The van der Waals surface area contributed by atoms with Crippen molar-refractivity contribution in [3.8, 4) is 5.75 Å². The Morgan fingerprint density at radius 2 is 1.79 bits per heavy atom. The molecule has 0 unspecified atom stereocenters. The van der Waals surface area contributed by atoms with Gasteiger partial charge in [0, 0.05) is 26.3 Å². The Labute approximate surface area is 143 Å². The van der Waals surface area contributed by atoms with E-state index in [4.69, 9.17) is 9.47 Å². The highest BCUT2D eigenvalue weighted by Gasteiger charge is 2.17. The number of benzene rings is 1. The fourth-order valence-electron chi connectivity index (χ4n) is 1.86. The van der Waals surface area contributed by atoms with Gasteiger partial charge in [-0.2, -0.15) is 0 Å². The maximum atomic E-state index is 12.1. The Balaban J connectivity index is 2.63. The van der Waals surface area contributed by atoms with Gasteiger partial charge in [-0.15, -0.1) is 0 Å². The zero-order valence-corrected chi connectivity index (χ0v) is 15.4. The molecule has 1 atom stereocenters. The van der Waals surface area contributed by atoms with Gasteiger partial charge in [-0.05, 0) is 51.5 Å². The smallest absolute Gasteiger partial charge is 0.260 e. The van der Waals surface area contributed by atoms with Crippen LogP contribution < -0.4 is 14.8 Å². The van der Waals surface area contributed by atoms with E-state index in [9.17, 15) is 13.2 Å². The largest absolute Gasteiger partial charge is 0.481 e. The topological polar surface area (TPSA) is 93.7 Å². The molecule has 24 heavy (non-hydrogen) atoms. The summed E-state index contributed by atoms with van der Waals surface area (Å²) in [6.45, 7) is 6.17. The van der Waals surface area contributed by atoms with Crippen molar-refractivity contribution >= 4 is 15.9 Å². The molecule has 136 valence electrons. The lowest BCUT2D eigenvalue weighted by atomic mass is 10.3. The van der Waals surface area contributed by atoms with E-state index in [2.05, 4.69) is 10.0 Å². The van der Waals surface area contributed by atoms with Gasteiger partial charge in [0.15, 0.2) is 6.10 Å². The second-order valence-corrected chi connectivity index (χ2v) is 7.41. The minimum absolute atomic E-state index is 0.0280. The SMILES string of the molecule is COCCCNS(=O)(=O)c1ccc(O[C@H](C)C(=O)NC(C)C)cc1. The zero-order valence-electron chi connectivity index (χ0n) is 14.5. The standard InChI is InChI=1S/C16H26N2O5S/c1-12(2)18-16(19)13(3)23-14-6-8-15(9-7-14)24(20,21)17-10-5-11-22-4/h6-9,12-13,17H,5,10-11H2,1-4H3,(H,18,19)/t13-/m1/s1. The summed E-state index contributed by atoms with van der Waals surface area (Å²) in [5, 5.41) is 2.75. The van der Waals surface area contributed by atoms with Crippen LogP contribution in [0.1, 0.15) is 27.2 Å². The molecule has 2 N–H and O–H groups in total. The maximum Gasteiger partial charge on any atom is 0.260 e. The van der Waals surface area contributed by atoms with Gasteiger partial charge in [0.25, 0.3) is 5.91 Å². The summed E-state index contributed by atoms with van der Waals surface area (Å²) in [5.41, 5.74) is 0. The molecule has 0 aliphatic carbocycles. The van der Waals surface area contributed by atoms with E-state index in [-0.39, 0.29) is 16.8 Å². The molecular formula is C16H26N2O5S. The van der Waals surface area contributed by atoms with E-state index in [0.717, 1.165) is 0 Å². The third-order valence-electron chi connectivity index (χ3n) is 3.06. The molecule has 0 saturated heterocycles. The first-order valence-electron chi connectivity index (χ1n) is 7.82. The minimum atomic E-state index is -3.56. The van der Waals surface area contributed by atoms with E-state index < -0.39 is 16.1 Å². The van der Waals surface area contributed by atoms with Gasteiger partial charge in [0.2, 0.25) is 10.0 Å². The van der Waals surface area contributed by atoms with Gasteiger partial charge in [0.1, 0.15) is 5.75 Å². The summed E-state index contributed by atoms with van der Waals surface area (Å²) in [6.07, 6.45) is -0.0682. The molecule has 1 aromatic carbocycles. The second kappa shape index (κ2) is 9.61. The van der Waals surface area contributed by atoms with Gasteiger partial charge >= 0.3 is 0 Å². The molecule has 0 saturated carbocycles. The number of amides is 1. The number of rotatable bonds is 10. The van der Waals surface area contributed by atoms with Crippen LogP contribution in [-0.4, -0.2) is 46.7 Å². The number of carbonyl (C=O) groups is 1. The Morgan fingerprint density at radius 3 is 2.33 bits per heavy atom. The highest BCUT2D eigenvalue weighted by molar-refractivity contribution is 7.89. The minimum Gasteiger partial charge on any atom is -0.481 e. The van der Waals surface area contributed by atoms with Crippen LogP contribution >= 0.6 is 0 Å². The first kappa shape index (κ1) is 20.4. The lowest BCUT2D eigenvalue weighted by Crippen LogP contribution is -2.40. The Morgan fingerprint density at radius 1 is 1.17 bits per heavy atom. The van der Waals surface area contributed by atoms with E-state index in [0.29, 0.717) is 25.3 Å². The summed E-state index contributed by atoms with van der Waals surface area (Å²) in [4.78, 5) is 11.9. The first-order valence-corrected chi connectivity index (χ1v) is 9.30. The van der Waals surface area contributed by atoms with E-state index in [1.165, 1.54) is 24.3 Å². The molecule has 8 heteroatoms. The fourth-order valence-corrected chi connectivity index (χ4v) is 2.94. The molecule has 1 rings (SSSR count). The lowest BCUT2D eigenvalue weighted by molar-refractivity contribution is -0.127. The van der Waals surface area contributed by atoms with Crippen molar-refractivity contribution in [2.45, 2.75) is 44.2 Å². The summed E-state index contributed by atoms with van der Waals surface area (Å²) in [5.74, 6) is 0.209. The average molecular weight is 358 g/mol. The lowest BCUT2D eigenvalue weighted by Gasteiger charge is -2.16. The predicted molar refractivity (Wildman–Crippen MR) is 91.5 cm³/mol. The van der Waals surface area contributed by atoms with Crippen LogP contribution in [0.25, 0.3) is 0 Å². The molecule has 0 fully saturated rings. The maximum absolute atomic E-state index is 12.1. The number of methoxy groups -OCH3 is 1. The molecule has 0 aliphatic rings. The summed E-state index contributed by atoms with van der Waals surface area (Å²) in [7, 11) is -1.99. The van der Waals surface area contributed by atoms with Crippen molar-refractivity contribution in [1.29, 1.82) is 0 Å². The molecule has 0 aromatic heterocycles. The quantitative estimate of drug-likeness (QED) is 0.615. The Bertz CT molecular complexity index is 614. The van der Waals surface area contributed by atoms with Gasteiger partial charge in [0.05, 0.1) is 4.90 Å². The molecule has 1 amide bonds. The van der Waals surface area contributed by atoms with Crippen LogP contribution in [-0.2, 0) is 19.6 Å². The third kappa shape index (κ3) is 6.86. The van der Waals surface area contributed by atoms with Crippen LogP contribution in [0.4, 0.5) is 0 Å². The average Bonchev–Trinajstić information content (AvgIpc) is 2.51. The summed E-state index contributed by atoms with van der Waals surface area (Å²) >= 11 is 0. The molecule has 0 spiro atoms. The molecule has 0 heterocycles. The molecule has 0 bridgehead atoms. The number of nitrogens with one attached hydrogen (secondary N) is 2. The van der Waals surface area contributed by atoms with Crippen molar-refractivity contribution in [3.05, 3.63) is 24.3 Å². The molecular weight excluding hydrogens is 332 g/mol. The number of hydrogen-bond acceptors (Lipinski definition) is 5. The number of ether oxygens (including phenoxy) is 2. The summed E-state index contributed by atoms with van der Waals surface area (Å²) < 4.78 is 37.1. The van der Waals surface area contributed by atoms with Crippen molar-refractivity contribution < 1.29 is 22.7 Å². The molecule has 1 aromatic rings. The number of sulfonamides is 1. The van der Waals surface area contributed by atoms with Crippen molar-refractivity contribution in [1.82, 2.24) is 10.0 Å². The van der Waals surface area contributed by atoms with Crippen LogP contribution in [0.15, 0.2) is 29.2 Å². The van der Waals surface area contributed by atoms with E-state index in [1.807, 2.05) is 13.8 Å². The van der Waals surface area contributed by atoms with Crippen LogP contribution in [0.2, 0.25) is 0 Å². The second-order valence-electron chi connectivity index (χ2n) is 5.64. The van der Waals surface area contributed by atoms with Crippen molar-refractivity contribution in [2.75, 3.05) is 20.3 Å². The summed E-state index contributed by atoms with van der Waals surface area (Å²) in [6, 6.07) is 5.98. The van der Waals surface area contributed by atoms with Crippen molar-refractivity contribution in [3.63, 3.8) is 0 Å². The van der Waals surface area contributed by atoms with Crippen LogP contribution in [0.3, 0.4) is 0 Å². The van der Waals surface area contributed by atoms with Gasteiger partial charge in [-0.25, -0.2) is 13.1 Å². The molecule has 7 nitrogen and oxygen atoms in total. The highest BCUT2D eigenvalue weighted by atomic mass is 32.2. The highest BCUT2D eigenvalue weighted by Crippen LogP contribution is 2.17. The third-order valence-corrected chi connectivity index (χ3v) is 4.54. The predicted octanol–water partition coefficient (Wildman–Crippen LogP) is 1.29. The van der Waals surface area contributed by atoms with Crippen LogP contribution in [0.5, 0.6) is 5.75 Å². The normalized spacial score (nSPS) is 12.9. The zero-order chi connectivity index (χ0) is 18.2. The van der Waals surface area contributed by atoms with Crippen LogP contribution in [0, 0.1) is 0 Å².